The molecule has 0 saturated heterocycles. The molecule has 4 aromatic rings. The van der Waals surface area contributed by atoms with Crippen LogP contribution >= 0.6 is 11.3 Å². The highest BCUT2D eigenvalue weighted by atomic mass is 32.1. The third-order valence-electron chi connectivity index (χ3n) is 5.41. The van der Waals surface area contributed by atoms with E-state index in [1.54, 1.807) is 24.6 Å². The number of amides is 1. The zero-order valence-electron chi connectivity index (χ0n) is 18.4. The van der Waals surface area contributed by atoms with Crippen LogP contribution in [0.2, 0.25) is 0 Å². The number of nitrogen functional groups attached to an aromatic ring is 1. The van der Waals surface area contributed by atoms with Crippen LogP contribution in [0, 0.1) is 6.92 Å². The summed E-state index contributed by atoms with van der Waals surface area (Å²) in [6.45, 7) is 3.49. The first kappa shape index (κ1) is 21.8. The van der Waals surface area contributed by atoms with E-state index in [0.29, 0.717) is 23.5 Å². The van der Waals surface area contributed by atoms with Crippen LogP contribution in [0.15, 0.2) is 60.1 Å². The summed E-state index contributed by atoms with van der Waals surface area (Å²) >= 11 is 1.64. The Labute approximate surface area is 191 Å². The number of aryl methyl sites for hydroxylation is 1. The van der Waals surface area contributed by atoms with Crippen molar-refractivity contribution in [1.29, 1.82) is 0 Å². The number of pyridine rings is 1. The maximum atomic E-state index is 13.0. The summed E-state index contributed by atoms with van der Waals surface area (Å²) in [6.07, 6.45) is 1.60. The zero-order chi connectivity index (χ0) is 22.7. The summed E-state index contributed by atoms with van der Waals surface area (Å²) in [5.41, 5.74) is 11.8. The van der Waals surface area contributed by atoms with Gasteiger partial charge in [-0.25, -0.2) is 0 Å². The molecule has 164 valence electrons. The van der Waals surface area contributed by atoms with E-state index in [-0.39, 0.29) is 5.91 Å². The molecule has 0 saturated carbocycles. The molecule has 2 aromatic heterocycles. The molecule has 0 fully saturated rings. The Hall–Kier alpha value is -3.42. The van der Waals surface area contributed by atoms with E-state index in [0.717, 1.165) is 39.1 Å². The number of nitrogens with one attached hydrogen (secondary N) is 1. The second-order valence-electron chi connectivity index (χ2n) is 7.70. The van der Waals surface area contributed by atoms with Gasteiger partial charge in [0.05, 0.1) is 29.1 Å². The Morgan fingerprint density at radius 3 is 2.81 bits per heavy atom. The highest BCUT2D eigenvalue weighted by Crippen LogP contribution is 2.31. The van der Waals surface area contributed by atoms with Crippen molar-refractivity contribution >= 4 is 45.2 Å². The van der Waals surface area contributed by atoms with Crippen LogP contribution < -0.4 is 16.0 Å². The molecule has 2 heterocycles. The first-order chi connectivity index (χ1) is 15.5. The largest absolute Gasteiger partial charge is 0.397 e. The molecular weight excluding hydrogens is 420 g/mol. The minimum atomic E-state index is -0.242. The van der Waals surface area contributed by atoms with Crippen LogP contribution in [0.4, 0.5) is 17.1 Å². The van der Waals surface area contributed by atoms with Crippen molar-refractivity contribution in [2.75, 3.05) is 43.3 Å². The van der Waals surface area contributed by atoms with E-state index in [9.17, 15) is 4.79 Å². The number of carbonyl (C=O) groups is 1. The normalized spacial score (nSPS) is 11.0. The molecule has 1 amide bonds. The maximum absolute atomic E-state index is 13.0. The lowest BCUT2D eigenvalue weighted by Crippen LogP contribution is -2.22. The molecule has 3 N–H and O–H groups in total. The first-order valence-electron chi connectivity index (χ1n) is 10.3. The van der Waals surface area contributed by atoms with Gasteiger partial charge in [-0.2, -0.15) is 0 Å². The molecule has 32 heavy (non-hydrogen) atoms. The Morgan fingerprint density at radius 2 is 2.06 bits per heavy atom. The van der Waals surface area contributed by atoms with Gasteiger partial charge in [0, 0.05) is 42.8 Å². The number of rotatable bonds is 7. The van der Waals surface area contributed by atoms with Gasteiger partial charge in [0.25, 0.3) is 5.91 Å². The Bertz CT molecular complexity index is 1250. The van der Waals surface area contributed by atoms with Gasteiger partial charge in [-0.05, 0) is 59.8 Å². The van der Waals surface area contributed by atoms with E-state index in [4.69, 9.17) is 10.5 Å². The number of benzene rings is 2. The topological polar surface area (TPSA) is 80.5 Å². The summed E-state index contributed by atoms with van der Waals surface area (Å²) in [6, 6.07) is 15.7. The van der Waals surface area contributed by atoms with Gasteiger partial charge in [-0.1, -0.05) is 12.1 Å². The lowest BCUT2D eigenvalue weighted by Gasteiger charge is -2.21. The van der Waals surface area contributed by atoms with Gasteiger partial charge in [-0.3, -0.25) is 9.78 Å². The third kappa shape index (κ3) is 4.59. The fourth-order valence-electron chi connectivity index (χ4n) is 3.62. The van der Waals surface area contributed by atoms with Crippen LogP contribution in [-0.4, -0.2) is 38.2 Å². The first-order valence-corrected chi connectivity index (χ1v) is 11.2. The molecule has 0 atom stereocenters. The van der Waals surface area contributed by atoms with Crippen LogP contribution in [-0.2, 0) is 4.74 Å². The summed E-state index contributed by atoms with van der Waals surface area (Å²) in [4.78, 5) is 20.8. The smallest absolute Gasteiger partial charge is 0.257 e. The number of methoxy groups -OCH3 is 1. The van der Waals surface area contributed by atoms with E-state index in [2.05, 4.69) is 28.2 Å². The predicted octanol–water partition coefficient (Wildman–Crippen LogP) is 5.19. The number of likely N-dealkylation sites (N-methyl/N-ethyl adjacent to an activating group) is 1. The molecule has 0 spiro atoms. The van der Waals surface area contributed by atoms with Crippen LogP contribution in [0.3, 0.4) is 0 Å². The highest BCUT2D eigenvalue weighted by Gasteiger charge is 2.13. The van der Waals surface area contributed by atoms with Gasteiger partial charge >= 0.3 is 0 Å². The fourth-order valence-corrected chi connectivity index (χ4v) is 4.34. The number of thiophene rings is 1. The zero-order valence-corrected chi connectivity index (χ0v) is 19.2. The Kier molecular flexibility index (Phi) is 6.39. The van der Waals surface area contributed by atoms with E-state index >= 15 is 0 Å². The second-order valence-corrected chi connectivity index (χ2v) is 8.65. The van der Waals surface area contributed by atoms with Gasteiger partial charge < -0.3 is 20.7 Å². The summed E-state index contributed by atoms with van der Waals surface area (Å²) in [5, 5.41) is 5.88. The van der Waals surface area contributed by atoms with Crippen molar-refractivity contribution in [1.82, 2.24) is 4.98 Å². The third-order valence-corrected chi connectivity index (χ3v) is 6.33. The standard InChI is InChI=1S/C25H26N4O2S/c1-16-11-18-12-19(15-27-21(18)14-23(16)29(2)8-9-31-3)25(30)28-22-13-17(6-7-20(22)26)24-5-4-10-32-24/h4-7,10-15H,8-9,26H2,1-3H3,(H,28,30). The number of hydrogen-bond acceptors (Lipinski definition) is 6. The number of ether oxygens (including phenoxy) is 1. The minimum absolute atomic E-state index is 0.242. The molecule has 0 unspecified atom stereocenters. The monoisotopic (exact) mass is 446 g/mol. The van der Waals surface area contributed by atoms with E-state index < -0.39 is 0 Å². The highest BCUT2D eigenvalue weighted by molar-refractivity contribution is 7.13. The van der Waals surface area contributed by atoms with Crippen molar-refractivity contribution in [2.24, 2.45) is 0 Å². The average Bonchev–Trinajstić information content (AvgIpc) is 3.33. The molecule has 0 aliphatic heterocycles. The molecule has 7 heteroatoms. The fraction of sp³-hybridized carbons (Fsp3) is 0.200. The van der Waals surface area contributed by atoms with Gasteiger partial charge in [0.15, 0.2) is 0 Å². The van der Waals surface area contributed by atoms with Crippen LogP contribution in [0.25, 0.3) is 21.3 Å². The van der Waals surface area contributed by atoms with Gasteiger partial charge in [0.1, 0.15) is 0 Å². The summed E-state index contributed by atoms with van der Waals surface area (Å²) in [7, 11) is 3.73. The molecule has 0 aliphatic rings. The molecule has 0 aliphatic carbocycles. The number of anilines is 3. The Morgan fingerprint density at radius 1 is 1.22 bits per heavy atom. The van der Waals surface area contributed by atoms with Crippen molar-refractivity contribution in [3.05, 3.63) is 71.2 Å². The second kappa shape index (κ2) is 9.38. The lowest BCUT2D eigenvalue weighted by atomic mass is 10.1. The molecule has 6 nitrogen and oxygen atoms in total. The predicted molar refractivity (Wildman–Crippen MR) is 134 cm³/mol. The quantitative estimate of drug-likeness (QED) is 0.382. The number of aromatic nitrogens is 1. The molecule has 0 bridgehead atoms. The number of hydrogen-bond donors (Lipinski definition) is 2. The number of nitrogens with zero attached hydrogens (tertiary/aromatic N) is 2. The maximum Gasteiger partial charge on any atom is 0.257 e. The van der Waals surface area contributed by atoms with Gasteiger partial charge in [0.2, 0.25) is 0 Å². The molecule has 0 radical (unpaired) electrons. The van der Waals surface area contributed by atoms with Crippen LogP contribution in [0.1, 0.15) is 15.9 Å². The van der Waals surface area contributed by atoms with E-state index in [1.807, 2.05) is 54.9 Å². The summed E-state index contributed by atoms with van der Waals surface area (Å²) in [5.74, 6) is -0.242. The van der Waals surface area contributed by atoms with Gasteiger partial charge in [-0.15, -0.1) is 11.3 Å². The minimum Gasteiger partial charge on any atom is -0.397 e. The number of fused-ring (bicyclic) bond motifs is 1. The number of carbonyl (C=O) groups excluding carboxylic acids is 1. The van der Waals surface area contributed by atoms with Crippen molar-refractivity contribution in [3.8, 4) is 10.4 Å². The van der Waals surface area contributed by atoms with E-state index in [1.165, 1.54) is 0 Å². The lowest BCUT2D eigenvalue weighted by molar-refractivity contribution is 0.102. The van der Waals surface area contributed by atoms with Crippen molar-refractivity contribution < 1.29 is 9.53 Å². The van der Waals surface area contributed by atoms with Crippen LogP contribution in [0.5, 0.6) is 0 Å². The van der Waals surface area contributed by atoms with Crippen molar-refractivity contribution in [3.63, 3.8) is 0 Å². The molecule has 2 aromatic carbocycles. The molecular formula is C25H26N4O2S. The Balaban J connectivity index is 1.59. The van der Waals surface area contributed by atoms with Crippen molar-refractivity contribution in [2.45, 2.75) is 6.92 Å². The molecule has 4 rings (SSSR count). The average molecular weight is 447 g/mol. The number of nitrogens with two attached hydrogens (primary N) is 1. The SMILES string of the molecule is COCCN(C)c1cc2ncc(C(=O)Nc3cc(-c4cccs4)ccc3N)cc2cc1C. The summed E-state index contributed by atoms with van der Waals surface area (Å²) < 4.78 is 5.18.